The summed E-state index contributed by atoms with van der Waals surface area (Å²) >= 11 is 0. The first-order valence-corrected chi connectivity index (χ1v) is 6.71. The van der Waals surface area contributed by atoms with Crippen LogP contribution in [0.15, 0.2) is 24.3 Å². The molecule has 5 nitrogen and oxygen atoms in total. The van der Waals surface area contributed by atoms with Crippen molar-refractivity contribution >= 4 is 10.4 Å². The molecule has 0 saturated heterocycles. The lowest BCUT2D eigenvalue weighted by Crippen LogP contribution is -1.89. The van der Waals surface area contributed by atoms with E-state index >= 15 is 0 Å². The lowest BCUT2D eigenvalue weighted by atomic mass is 10.1. The highest BCUT2D eigenvalue weighted by Crippen LogP contribution is 2.17. The highest BCUT2D eigenvalue weighted by Gasteiger charge is 1.97. The van der Waals surface area contributed by atoms with Crippen LogP contribution in [0.4, 0.5) is 0 Å². The molecule has 0 saturated carbocycles. The monoisotopic (exact) mass is 262 g/mol. The van der Waals surface area contributed by atoms with Gasteiger partial charge in [0.1, 0.15) is 5.75 Å². The lowest BCUT2D eigenvalue weighted by molar-refractivity contribution is 0.381. The summed E-state index contributed by atoms with van der Waals surface area (Å²) < 4.78 is 31.6. The van der Waals surface area contributed by atoms with Crippen molar-refractivity contribution in [3.05, 3.63) is 29.8 Å². The van der Waals surface area contributed by atoms with Crippen molar-refractivity contribution in [1.29, 1.82) is 0 Å². The average molecular weight is 262 g/mol. The van der Waals surface area contributed by atoms with Crippen molar-refractivity contribution in [2.24, 2.45) is 0 Å². The second-order valence-electron chi connectivity index (χ2n) is 3.53. The molecule has 3 N–H and O–H groups in total. The fourth-order valence-electron chi connectivity index (χ4n) is 1.29. The van der Waals surface area contributed by atoms with E-state index < -0.39 is 10.4 Å². The van der Waals surface area contributed by atoms with Crippen molar-refractivity contribution < 1.29 is 22.6 Å². The van der Waals surface area contributed by atoms with Crippen molar-refractivity contribution in [2.75, 3.05) is 0 Å². The summed E-state index contributed by atoms with van der Waals surface area (Å²) in [6, 6.07) is 7.58. The summed E-state index contributed by atoms with van der Waals surface area (Å²) in [5, 5.41) is 9.41. The third-order valence-electron chi connectivity index (χ3n) is 2.04. The van der Waals surface area contributed by atoms with Gasteiger partial charge in [-0.2, -0.15) is 8.42 Å². The predicted molar refractivity (Wildman–Crippen MR) is 65.5 cm³/mol. The van der Waals surface area contributed by atoms with E-state index in [1.54, 1.807) is 6.07 Å². The average Bonchev–Trinajstić information content (AvgIpc) is 2.19. The largest absolute Gasteiger partial charge is 0.508 e. The Morgan fingerprint density at radius 1 is 1.12 bits per heavy atom. The van der Waals surface area contributed by atoms with Crippen LogP contribution in [-0.2, 0) is 16.8 Å². The molecule has 6 heteroatoms. The molecule has 0 aliphatic heterocycles. The molecule has 0 bridgehead atoms. The maximum atomic E-state index is 9.41. The predicted octanol–water partition coefficient (Wildman–Crippen LogP) is 2.47. The Morgan fingerprint density at radius 3 is 2.12 bits per heavy atom. The van der Waals surface area contributed by atoms with Crippen LogP contribution in [-0.4, -0.2) is 22.6 Å². The zero-order valence-corrected chi connectivity index (χ0v) is 10.5. The fourth-order valence-corrected chi connectivity index (χ4v) is 1.29. The first-order valence-electron chi connectivity index (χ1n) is 5.31. The van der Waals surface area contributed by atoms with Gasteiger partial charge in [0.25, 0.3) is 0 Å². The molecule has 0 aromatic heterocycles. The van der Waals surface area contributed by atoms with Crippen LogP contribution in [0.2, 0.25) is 0 Å². The van der Waals surface area contributed by atoms with E-state index in [9.17, 15) is 5.11 Å². The number of phenols is 1. The van der Waals surface area contributed by atoms with E-state index in [4.69, 9.17) is 17.5 Å². The van der Waals surface area contributed by atoms with E-state index in [-0.39, 0.29) is 0 Å². The van der Waals surface area contributed by atoms with E-state index in [1.807, 2.05) is 18.2 Å². The van der Waals surface area contributed by atoms with E-state index in [0.717, 1.165) is 12.0 Å². The number of phenolic OH excluding ortho intramolecular Hbond substituents is 1. The third-order valence-corrected chi connectivity index (χ3v) is 2.04. The molecular weight excluding hydrogens is 244 g/mol. The van der Waals surface area contributed by atoms with Crippen LogP contribution in [0.25, 0.3) is 0 Å². The molecular formula is C11H18O5S. The molecule has 0 amide bonds. The van der Waals surface area contributed by atoms with Gasteiger partial charge in [-0.1, -0.05) is 38.0 Å². The minimum absolute atomic E-state index is 0.439. The minimum atomic E-state index is -4.67. The third kappa shape index (κ3) is 11.2. The summed E-state index contributed by atoms with van der Waals surface area (Å²) in [6.07, 6.45) is 4.65. The van der Waals surface area contributed by atoms with Gasteiger partial charge in [0, 0.05) is 0 Å². The van der Waals surface area contributed by atoms with E-state index in [2.05, 4.69) is 6.92 Å². The standard InChI is InChI=1S/C11H16O.H2O4S/c1-2-3-4-7-10-8-5-6-9-11(10)12;1-5(2,3)4/h5-6,8-9,12H,2-4,7H2,1H3;(H2,1,2,3,4). The normalized spacial score (nSPS) is 10.5. The number of hydrogen-bond donors (Lipinski definition) is 3. The summed E-state index contributed by atoms with van der Waals surface area (Å²) in [5.41, 5.74) is 1.07. The number of hydrogen-bond acceptors (Lipinski definition) is 3. The molecule has 0 fully saturated rings. The maximum absolute atomic E-state index is 9.41. The molecule has 0 aliphatic carbocycles. The summed E-state index contributed by atoms with van der Waals surface area (Å²) in [7, 11) is -4.67. The SMILES string of the molecule is CCCCCc1ccccc1O.O=S(=O)(O)O. The van der Waals surface area contributed by atoms with Crippen molar-refractivity contribution in [3.63, 3.8) is 0 Å². The molecule has 0 atom stereocenters. The zero-order chi connectivity index (χ0) is 13.3. The second kappa shape index (κ2) is 8.05. The molecule has 1 aromatic rings. The maximum Gasteiger partial charge on any atom is 0.394 e. The van der Waals surface area contributed by atoms with Crippen molar-refractivity contribution in [3.8, 4) is 5.75 Å². The van der Waals surface area contributed by atoms with E-state index in [0.29, 0.717) is 5.75 Å². The van der Waals surface area contributed by atoms with Crippen LogP contribution < -0.4 is 0 Å². The van der Waals surface area contributed by atoms with E-state index in [1.165, 1.54) is 19.3 Å². The molecule has 0 heterocycles. The minimum Gasteiger partial charge on any atom is -0.508 e. The number of aryl methyl sites for hydroxylation is 1. The molecule has 0 unspecified atom stereocenters. The summed E-state index contributed by atoms with van der Waals surface area (Å²) in [4.78, 5) is 0. The summed E-state index contributed by atoms with van der Waals surface area (Å²) in [5.74, 6) is 0.439. The molecule has 0 aliphatic rings. The Bertz CT molecular complexity index is 406. The highest BCUT2D eigenvalue weighted by atomic mass is 32.3. The number of para-hydroxylation sites is 1. The molecule has 1 aromatic carbocycles. The smallest absolute Gasteiger partial charge is 0.394 e. The first kappa shape index (κ1) is 15.9. The number of unbranched alkanes of at least 4 members (excludes halogenated alkanes) is 2. The van der Waals surface area contributed by atoms with Crippen molar-refractivity contribution in [1.82, 2.24) is 0 Å². The molecule has 98 valence electrons. The number of benzene rings is 1. The Morgan fingerprint density at radius 2 is 1.65 bits per heavy atom. The van der Waals surface area contributed by atoms with Crippen LogP contribution >= 0.6 is 0 Å². The van der Waals surface area contributed by atoms with Gasteiger partial charge in [-0.3, -0.25) is 9.11 Å². The molecule has 17 heavy (non-hydrogen) atoms. The van der Waals surface area contributed by atoms with Gasteiger partial charge in [-0.05, 0) is 24.5 Å². The molecule has 0 spiro atoms. The Labute approximate surface area is 102 Å². The van der Waals surface area contributed by atoms with Crippen LogP contribution in [0.5, 0.6) is 5.75 Å². The Hall–Kier alpha value is -1.11. The van der Waals surface area contributed by atoms with Crippen LogP contribution in [0, 0.1) is 0 Å². The Kier molecular flexibility index (Phi) is 7.53. The number of aromatic hydroxyl groups is 1. The van der Waals surface area contributed by atoms with Gasteiger partial charge >= 0.3 is 10.4 Å². The lowest BCUT2D eigenvalue weighted by Gasteiger charge is -2.02. The Balaban J connectivity index is 0.000000437. The molecule has 1 rings (SSSR count). The van der Waals surface area contributed by atoms with Crippen molar-refractivity contribution in [2.45, 2.75) is 32.6 Å². The van der Waals surface area contributed by atoms with Gasteiger partial charge < -0.3 is 5.11 Å². The first-order chi connectivity index (χ1) is 7.84. The fraction of sp³-hybridized carbons (Fsp3) is 0.455. The van der Waals surface area contributed by atoms with Gasteiger partial charge in [-0.15, -0.1) is 0 Å². The quantitative estimate of drug-likeness (QED) is 0.572. The molecule has 0 radical (unpaired) electrons. The van der Waals surface area contributed by atoms with Gasteiger partial charge in [0.2, 0.25) is 0 Å². The zero-order valence-electron chi connectivity index (χ0n) is 9.70. The van der Waals surface area contributed by atoms with Crippen LogP contribution in [0.1, 0.15) is 31.7 Å². The highest BCUT2D eigenvalue weighted by molar-refractivity contribution is 7.79. The topological polar surface area (TPSA) is 94.8 Å². The second-order valence-corrected chi connectivity index (χ2v) is 4.43. The van der Waals surface area contributed by atoms with Crippen LogP contribution in [0.3, 0.4) is 0 Å². The number of rotatable bonds is 4. The van der Waals surface area contributed by atoms with Gasteiger partial charge in [-0.25, -0.2) is 0 Å². The van der Waals surface area contributed by atoms with Gasteiger partial charge in [0.05, 0.1) is 0 Å². The van der Waals surface area contributed by atoms with Gasteiger partial charge in [0.15, 0.2) is 0 Å². The summed E-state index contributed by atoms with van der Waals surface area (Å²) in [6.45, 7) is 2.19.